The Labute approximate surface area is 174 Å². The van der Waals surface area contributed by atoms with Gasteiger partial charge in [0.1, 0.15) is 0 Å². The van der Waals surface area contributed by atoms with Crippen molar-refractivity contribution < 1.29 is 9.68 Å². The third-order valence-electron chi connectivity index (χ3n) is 5.09. The summed E-state index contributed by atoms with van der Waals surface area (Å²) >= 11 is 3.57. The molecule has 3 N–H and O–H groups in total. The van der Waals surface area contributed by atoms with E-state index in [-0.39, 0.29) is 0 Å². The van der Waals surface area contributed by atoms with Crippen LogP contribution in [0.15, 0.2) is 28.9 Å². The molecule has 0 saturated heterocycles. The number of anilines is 2. The summed E-state index contributed by atoms with van der Waals surface area (Å²) in [6.45, 7) is 3.61. The summed E-state index contributed by atoms with van der Waals surface area (Å²) < 4.78 is 1.09. The molecule has 1 aliphatic rings. The lowest BCUT2D eigenvalue weighted by Gasteiger charge is -2.22. The van der Waals surface area contributed by atoms with Crippen LogP contribution in [0.5, 0.6) is 5.75 Å². The summed E-state index contributed by atoms with van der Waals surface area (Å²) in [5.74, 6) is 2.38. The fourth-order valence-corrected chi connectivity index (χ4v) is 3.80. The van der Waals surface area contributed by atoms with E-state index in [1.54, 1.807) is 6.20 Å². The molecule has 0 aliphatic heterocycles. The van der Waals surface area contributed by atoms with Crippen molar-refractivity contribution in [1.82, 2.24) is 15.6 Å². The molecule has 28 heavy (non-hydrogen) atoms. The maximum Gasteiger partial charge on any atom is 0.225 e. The van der Waals surface area contributed by atoms with Crippen LogP contribution in [0.2, 0.25) is 0 Å². The number of halogens is 1. The van der Waals surface area contributed by atoms with E-state index in [0.717, 1.165) is 11.0 Å². The number of benzene rings is 1. The highest BCUT2D eigenvalue weighted by atomic mass is 79.9. The lowest BCUT2D eigenvalue weighted by Crippen LogP contribution is -2.21. The molecule has 0 atom stereocenters. The molecule has 1 fully saturated rings. The molecule has 1 saturated carbocycles. The maximum atomic E-state index is 5.39. The average molecular weight is 450 g/mol. The smallest absolute Gasteiger partial charge is 0.225 e. The van der Waals surface area contributed by atoms with Crippen molar-refractivity contribution in [2.75, 3.05) is 24.3 Å². The summed E-state index contributed by atoms with van der Waals surface area (Å²) in [5, 5.41) is 6.73. The van der Waals surface area contributed by atoms with Crippen LogP contribution in [0, 0.1) is 12.8 Å². The first kappa shape index (κ1) is 20.8. The molecule has 0 radical (unpaired) electrons. The second-order valence-electron chi connectivity index (χ2n) is 7.06. The Morgan fingerprint density at radius 2 is 2.00 bits per heavy atom. The van der Waals surface area contributed by atoms with Crippen LogP contribution in [0.3, 0.4) is 0 Å². The lowest BCUT2D eigenvalue weighted by molar-refractivity contribution is -0.0795. The van der Waals surface area contributed by atoms with Crippen molar-refractivity contribution in [2.24, 2.45) is 5.92 Å². The molecule has 0 amide bonds. The Kier molecular flexibility index (Phi) is 7.88. The van der Waals surface area contributed by atoms with Crippen LogP contribution < -0.4 is 21.1 Å². The van der Waals surface area contributed by atoms with E-state index in [4.69, 9.17) is 9.68 Å². The van der Waals surface area contributed by atoms with E-state index < -0.39 is 0 Å². The Morgan fingerprint density at radius 3 is 2.79 bits per heavy atom. The molecule has 1 aromatic heterocycles. The van der Waals surface area contributed by atoms with Crippen LogP contribution in [0.25, 0.3) is 0 Å². The van der Waals surface area contributed by atoms with Gasteiger partial charge in [-0.15, -0.1) is 0 Å². The van der Waals surface area contributed by atoms with Gasteiger partial charge in [-0.3, -0.25) is 4.84 Å². The van der Waals surface area contributed by atoms with Gasteiger partial charge in [-0.1, -0.05) is 47.3 Å². The van der Waals surface area contributed by atoms with Gasteiger partial charge >= 0.3 is 0 Å². The number of nitrogens with zero attached hydrogens (tertiary/aromatic N) is 2. The minimum Gasteiger partial charge on any atom is -0.378 e. The topological polar surface area (TPSA) is 80.3 Å². The second-order valence-corrected chi connectivity index (χ2v) is 7.91. The molecule has 1 aliphatic carbocycles. The quantitative estimate of drug-likeness (QED) is 0.482. The first-order chi connectivity index (χ1) is 13.7. The van der Waals surface area contributed by atoms with Crippen molar-refractivity contribution in [3.63, 3.8) is 0 Å². The third kappa shape index (κ3) is 5.80. The minimum atomic E-state index is 0.502. The van der Waals surface area contributed by atoms with E-state index >= 15 is 0 Å². The van der Waals surface area contributed by atoms with Gasteiger partial charge in [0.05, 0.1) is 13.3 Å². The van der Waals surface area contributed by atoms with Crippen LogP contribution >= 0.6 is 15.9 Å². The molecule has 2 aromatic rings. The van der Waals surface area contributed by atoms with Gasteiger partial charge in [0.25, 0.3) is 0 Å². The molecular formula is C20H28BrN5O2. The summed E-state index contributed by atoms with van der Waals surface area (Å²) in [6, 6.07) is 6.16. The third-order valence-corrected chi connectivity index (χ3v) is 5.95. The predicted octanol–water partition coefficient (Wildman–Crippen LogP) is 4.60. The zero-order valence-corrected chi connectivity index (χ0v) is 18.0. The van der Waals surface area contributed by atoms with E-state index in [1.807, 2.05) is 12.1 Å². The fraction of sp³-hybridized carbons (Fsp3) is 0.500. The van der Waals surface area contributed by atoms with Crippen LogP contribution in [-0.2, 0) is 11.4 Å². The number of hydrogen-bond acceptors (Lipinski definition) is 7. The van der Waals surface area contributed by atoms with Gasteiger partial charge in [-0.25, -0.2) is 4.98 Å². The highest BCUT2D eigenvalue weighted by Crippen LogP contribution is 2.27. The highest BCUT2D eigenvalue weighted by molar-refractivity contribution is 9.10. The summed E-state index contributed by atoms with van der Waals surface area (Å²) in [5.41, 5.74) is 4.78. The molecule has 8 heteroatoms. The second kappa shape index (κ2) is 10.6. The lowest BCUT2D eigenvalue weighted by atomic mass is 9.89. The van der Waals surface area contributed by atoms with Gasteiger partial charge in [0.2, 0.25) is 11.7 Å². The molecule has 0 spiro atoms. The van der Waals surface area contributed by atoms with Gasteiger partial charge in [0, 0.05) is 17.6 Å². The van der Waals surface area contributed by atoms with E-state index in [0.29, 0.717) is 30.0 Å². The van der Waals surface area contributed by atoms with Crippen LogP contribution in [0.1, 0.15) is 43.2 Å². The van der Waals surface area contributed by atoms with Crippen molar-refractivity contribution in [1.29, 1.82) is 0 Å². The molecule has 1 heterocycles. The molecule has 7 nitrogen and oxygen atoms in total. The van der Waals surface area contributed by atoms with Gasteiger partial charge < -0.3 is 15.5 Å². The number of aromatic nitrogens is 2. The monoisotopic (exact) mass is 449 g/mol. The Hall–Kier alpha value is -1.90. The van der Waals surface area contributed by atoms with Crippen molar-refractivity contribution in [2.45, 2.75) is 45.6 Å². The zero-order valence-electron chi connectivity index (χ0n) is 16.4. The number of rotatable bonds is 9. The van der Waals surface area contributed by atoms with Crippen LogP contribution in [-0.4, -0.2) is 23.6 Å². The fourth-order valence-electron chi connectivity index (χ4n) is 3.39. The van der Waals surface area contributed by atoms with Crippen molar-refractivity contribution in [3.8, 4) is 5.75 Å². The zero-order chi connectivity index (χ0) is 19.8. The SMILES string of the molecule is CONOc1cnc(NCc2cccc(Br)c2C)nc1NCC1CCCCC1. The molecule has 1 aromatic carbocycles. The predicted molar refractivity (Wildman–Crippen MR) is 114 cm³/mol. The average Bonchev–Trinajstić information content (AvgIpc) is 2.73. The number of nitrogens with one attached hydrogen (secondary N) is 3. The van der Waals surface area contributed by atoms with Crippen LogP contribution in [0.4, 0.5) is 11.8 Å². The summed E-state index contributed by atoms with van der Waals surface area (Å²) in [4.78, 5) is 19.1. The normalized spacial score (nSPS) is 14.7. The molecule has 0 unspecified atom stereocenters. The van der Waals surface area contributed by atoms with E-state index in [1.165, 1.54) is 50.3 Å². The molecule has 3 rings (SSSR count). The highest BCUT2D eigenvalue weighted by Gasteiger charge is 2.16. The molecular weight excluding hydrogens is 422 g/mol. The summed E-state index contributed by atoms with van der Waals surface area (Å²) in [6.07, 6.45) is 8.13. The largest absolute Gasteiger partial charge is 0.378 e. The maximum absolute atomic E-state index is 5.39. The van der Waals surface area contributed by atoms with Crippen molar-refractivity contribution in [3.05, 3.63) is 40.0 Å². The Bertz CT molecular complexity index is 768. The van der Waals surface area contributed by atoms with E-state index in [2.05, 4.69) is 55.2 Å². The molecule has 152 valence electrons. The van der Waals surface area contributed by atoms with Gasteiger partial charge in [0.15, 0.2) is 5.82 Å². The Morgan fingerprint density at radius 1 is 1.18 bits per heavy atom. The van der Waals surface area contributed by atoms with Crippen molar-refractivity contribution >= 4 is 27.7 Å². The van der Waals surface area contributed by atoms with Gasteiger partial charge in [-0.2, -0.15) is 4.98 Å². The first-order valence-electron chi connectivity index (χ1n) is 9.71. The van der Waals surface area contributed by atoms with E-state index in [9.17, 15) is 0 Å². The summed E-state index contributed by atoms with van der Waals surface area (Å²) in [7, 11) is 1.49. The Balaban J connectivity index is 1.67. The number of hydrogen-bond donors (Lipinski definition) is 3. The standard InChI is InChI=1S/C20H28BrN5O2/c1-14-16(9-6-10-17(14)21)12-23-20-24-13-18(28-26-27-2)19(25-20)22-11-15-7-4-3-5-8-15/h6,9-10,13,15,26H,3-5,7-8,11-12H2,1-2H3,(H2,22,23,24,25). The molecule has 0 bridgehead atoms. The first-order valence-corrected chi connectivity index (χ1v) is 10.5. The van der Waals surface area contributed by atoms with Gasteiger partial charge in [-0.05, 0) is 48.5 Å². The minimum absolute atomic E-state index is 0.502.